The fourth-order valence-electron chi connectivity index (χ4n) is 3.37. The topological polar surface area (TPSA) is 136 Å². The van der Waals surface area contributed by atoms with Crippen molar-refractivity contribution in [2.75, 3.05) is 37.5 Å². The molecule has 0 bridgehead atoms. The Morgan fingerprint density at radius 1 is 0.895 bits per heavy atom. The number of nitrogens with one attached hydrogen (secondary N) is 2. The van der Waals surface area contributed by atoms with Gasteiger partial charge in [0.25, 0.3) is 15.9 Å². The fraction of sp³-hybridized carbons (Fsp3) is 0.192. The number of nitrogens with zero attached hydrogens (tertiary/aromatic N) is 2. The van der Waals surface area contributed by atoms with Gasteiger partial charge in [-0.2, -0.15) is 5.10 Å². The van der Waals surface area contributed by atoms with Crippen molar-refractivity contribution in [2.45, 2.75) is 11.8 Å². The van der Waals surface area contributed by atoms with Gasteiger partial charge in [0.15, 0.2) is 0 Å². The van der Waals surface area contributed by atoms with Crippen LogP contribution in [0.25, 0.3) is 0 Å². The van der Waals surface area contributed by atoms with E-state index in [2.05, 4.69) is 15.8 Å². The van der Waals surface area contributed by atoms with Gasteiger partial charge in [-0.3, -0.25) is 13.9 Å². The molecule has 0 aliphatic heterocycles. The van der Waals surface area contributed by atoms with Crippen molar-refractivity contribution >= 4 is 39.4 Å². The van der Waals surface area contributed by atoms with Crippen molar-refractivity contribution in [3.63, 3.8) is 0 Å². The summed E-state index contributed by atoms with van der Waals surface area (Å²) in [5.74, 6) is 0.627. The number of hydrazone groups is 1. The number of hydrogen-bond acceptors (Lipinski definition) is 8. The van der Waals surface area contributed by atoms with Gasteiger partial charge in [-0.1, -0.05) is 0 Å². The molecule has 0 aliphatic rings. The monoisotopic (exact) mass is 540 g/mol. The van der Waals surface area contributed by atoms with E-state index in [1.54, 1.807) is 30.3 Å². The molecule has 12 heteroatoms. The summed E-state index contributed by atoms with van der Waals surface area (Å²) < 4.78 is 43.7. The van der Waals surface area contributed by atoms with Gasteiger partial charge in [-0.15, -0.1) is 0 Å². The van der Waals surface area contributed by atoms with Gasteiger partial charge in [0.2, 0.25) is 5.91 Å². The molecule has 0 fully saturated rings. The Balaban J connectivity index is 1.85. The van der Waals surface area contributed by atoms with Gasteiger partial charge in [0, 0.05) is 24.2 Å². The largest absolute Gasteiger partial charge is 0.497 e. The van der Waals surface area contributed by atoms with E-state index in [4.69, 9.17) is 14.2 Å². The van der Waals surface area contributed by atoms with Gasteiger partial charge in [0.05, 0.1) is 38.1 Å². The van der Waals surface area contributed by atoms with Crippen LogP contribution in [0.5, 0.6) is 17.2 Å². The maximum Gasteiger partial charge on any atom is 0.264 e. The molecule has 0 atom stereocenters. The second-order valence-electron chi connectivity index (χ2n) is 7.82. The number of sulfonamides is 1. The lowest BCUT2D eigenvalue weighted by atomic mass is 10.2. The summed E-state index contributed by atoms with van der Waals surface area (Å²) in [5.41, 5.74) is 3.61. The van der Waals surface area contributed by atoms with Gasteiger partial charge >= 0.3 is 0 Å². The van der Waals surface area contributed by atoms with E-state index >= 15 is 0 Å². The highest BCUT2D eigenvalue weighted by atomic mass is 32.2. The third-order valence-corrected chi connectivity index (χ3v) is 7.03. The molecule has 0 heterocycles. The lowest BCUT2D eigenvalue weighted by Gasteiger charge is -2.24. The first-order valence-corrected chi connectivity index (χ1v) is 12.7. The maximum atomic E-state index is 13.6. The van der Waals surface area contributed by atoms with Crippen molar-refractivity contribution in [1.29, 1.82) is 0 Å². The molecule has 0 unspecified atom stereocenters. The van der Waals surface area contributed by atoms with Gasteiger partial charge in [0.1, 0.15) is 23.8 Å². The molecule has 2 amide bonds. The summed E-state index contributed by atoms with van der Waals surface area (Å²) in [6.45, 7) is 0.793. The molecule has 0 saturated carbocycles. The molecule has 0 aromatic heterocycles. The molecular formula is C26H28N4O7S. The molecule has 3 aromatic rings. The van der Waals surface area contributed by atoms with Gasteiger partial charge in [-0.25, -0.2) is 13.8 Å². The molecule has 11 nitrogen and oxygen atoms in total. The van der Waals surface area contributed by atoms with Crippen molar-refractivity contribution in [3.05, 3.63) is 72.3 Å². The van der Waals surface area contributed by atoms with E-state index in [1.165, 1.54) is 70.9 Å². The molecule has 3 rings (SSSR count). The third-order valence-electron chi connectivity index (χ3n) is 5.24. The SMILES string of the molecule is COc1ccc(N(CC(=O)N/N=C\c2ccc(OC)cc2OC)S(=O)(=O)c2ccc(NC(C)=O)cc2)cc1. The van der Waals surface area contributed by atoms with Crippen molar-refractivity contribution in [3.8, 4) is 17.2 Å². The molecule has 0 spiro atoms. The fourth-order valence-corrected chi connectivity index (χ4v) is 4.79. The van der Waals surface area contributed by atoms with Crippen LogP contribution in [-0.2, 0) is 19.6 Å². The standard InChI is InChI=1S/C26H28N4O7S/c1-18(31)28-20-6-13-24(14-7-20)38(33,34)30(21-8-11-22(35-2)12-9-21)17-26(32)29-27-16-19-5-10-23(36-3)15-25(19)37-4/h5-16H,17H2,1-4H3,(H,28,31)(H,29,32)/b27-16-. The van der Waals surface area contributed by atoms with Crippen LogP contribution in [0.3, 0.4) is 0 Å². The maximum absolute atomic E-state index is 13.6. The van der Waals surface area contributed by atoms with Crippen LogP contribution in [0.15, 0.2) is 76.7 Å². The Morgan fingerprint density at radius 3 is 2.11 bits per heavy atom. The smallest absolute Gasteiger partial charge is 0.264 e. The minimum Gasteiger partial charge on any atom is -0.497 e. The zero-order valence-electron chi connectivity index (χ0n) is 21.3. The summed E-state index contributed by atoms with van der Waals surface area (Å²) >= 11 is 0. The number of carbonyl (C=O) groups is 2. The van der Waals surface area contributed by atoms with Crippen LogP contribution >= 0.6 is 0 Å². The van der Waals surface area contributed by atoms with Crippen LogP contribution in [0.4, 0.5) is 11.4 Å². The number of methoxy groups -OCH3 is 3. The predicted octanol–water partition coefficient (Wildman–Crippen LogP) is 3.02. The van der Waals surface area contributed by atoms with Gasteiger partial charge in [-0.05, 0) is 60.7 Å². The summed E-state index contributed by atoms with van der Waals surface area (Å²) in [6, 6.07) is 16.9. The van der Waals surface area contributed by atoms with Crippen LogP contribution < -0.4 is 29.3 Å². The normalized spacial score (nSPS) is 11.1. The predicted molar refractivity (Wildman–Crippen MR) is 144 cm³/mol. The first-order chi connectivity index (χ1) is 18.2. The summed E-state index contributed by atoms with van der Waals surface area (Å²) in [6.07, 6.45) is 1.38. The minimum atomic E-state index is -4.18. The van der Waals surface area contributed by atoms with Crippen molar-refractivity contribution in [1.82, 2.24) is 5.43 Å². The van der Waals surface area contributed by atoms with E-state index in [1.807, 2.05) is 0 Å². The van der Waals surface area contributed by atoms with E-state index < -0.39 is 22.5 Å². The second-order valence-corrected chi connectivity index (χ2v) is 9.68. The third kappa shape index (κ3) is 7.01. The second kappa shape index (κ2) is 12.6. The first-order valence-electron chi connectivity index (χ1n) is 11.3. The number of rotatable bonds is 11. The molecule has 38 heavy (non-hydrogen) atoms. The summed E-state index contributed by atoms with van der Waals surface area (Å²) in [5, 5.41) is 6.53. The molecule has 200 valence electrons. The zero-order chi connectivity index (χ0) is 27.7. The van der Waals surface area contributed by atoms with Crippen LogP contribution in [0.2, 0.25) is 0 Å². The number of benzene rings is 3. The average Bonchev–Trinajstić information content (AvgIpc) is 2.91. The molecule has 0 saturated heterocycles. The number of anilines is 2. The molecule has 0 aliphatic carbocycles. The van der Waals surface area contributed by atoms with E-state index in [0.29, 0.717) is 28.5 Å². The molecule has 0 radical (unpaired) electrons. The number of hydrogen-bond donors (Lipinski definition) is 2. The average molecular weight is 541 g/mol. The highest BCUT2D eigenvalue weighted by molar-refractivity contribution is 7.92. The van der Waals surface area contributed by atoms with Crippen molar-refractivity contribution < 1.29 is 32.2 Å². The Kier molecular flexibility index (Phi) is 9.28. The highest BCUT2D eigenvalue weighted by Crippen LogP contribution is 2.27. The lowest BCUT2D eigenvalue weighted by Crippen LogP contribution is -2.39. The molecule has 3 aromatic carbocycles. The van der Waals surface area contributed by atoms with Crippen LogP contribution in [0.1, 0.15) is 12.5 Å². The summed E-state index contributed by atoms with van der Waals surface area (Å²) in [7, 11) is 0.335. The Hall–Kier alpha value is -4.58. The van der Waals surface area contributed by atoms with E-state index in [0.717, 1.165) is 4.31 Å². The Bertz CT molecular complexity index is 1410. The van der Waals surface area contributed by atoms with Crippen molar-refractivity contribution in [2.24, 2.45) is 5.10 Å². The first kappa shape index (κ1) is 28.0. The summed E-state index contributed by atoms with van der Waals surface area (Å²) in [4.78, 5) is 24.0. The number of carbonyl (C=O) groups excluding carboxylic acids is 2. The quantitative estimate of drug-likeness (QED) is 0.282. The molecule has 2 N–H and O–H groups in total. The number of amides is 2. The number of ether oxygens (including phenoxy) is 3. The Morgan fingerprint density at radius 2 is 1.53 bits per heavy atom. The highest BCUT2D eigenvalue weighted by Gasteiger charge is 2.27. The van der Waals surface area contributed by atoms with E-state index in [-0.39, 0.29) is 16.5 Å². The molecular weight excluding hydrogens is 512 g/mol. The van der Waals surface area contributed by atoms with Crippen LogP contribution in [0, 0.1) is 0 Å². The Labute approximate surface area is 221 Å². The van der Waals surface area contributed by atoms with E-state index in [9.17, 15) is 18.0 Å². The van der Waals surface area contributed by atoms with Crippen LogP contribution in [-0.4, -0.2) is 54.3 Å². The zero-order valence-corrected chi connectivity index (χ0v) is 22.1. The minimum absolute atomic E-state index is 0.0679. The lowest BCUT2D eigenvalue weighted by molar-refractivity contribution is -0.119. The van der Waals surface area contributed by atoms with Gasteiger partial charge < -0.3 is 19.5 Å².